The number of furan rings is 1. The minimum absolute atomic E-state index is 0.0129. The van der Waals surface area contributed by atoms with Crippen LogP contribution in [0.2, 0.25) is 0 Å². The quantitative estimate of drug-likeness (QED) is 0.903. The molecule has 7 nitrogen and oxygen atoms in total. The molecule has 0 aliphatic carbocycles. The van der Waals surface area contributed by atoms with Gasteiger partial charge in [0.1, 0.15) is 12.2 Å². The van der Waals surface area contributed by atoms with Crippen LogP contribution in [0.25, 0.3) is 11.5 Å². The summed E-state index contributed by atoms with van der Waals surface area (Å²) >= 11 is 0. The number of carbonyl (C=O) groups is 2. The Morgan fingerprint density at radius 3 is 2.68 bits per heavy atom. The van der Waals surface area contributed by atoms with E-state index in [0.29, 0.717) is 18.0 Å². The predicted octanol–water partition coefficient (Wildman–Crippen LogP) is 2.53. The molecule has 2 aromatic heterocycles. The van der Waals surface area contributed by atoms with E-state index in [4.69, 9.17) is 4.42 Å². The monoisotopic (exact) mass is 344 g/mol. The zero-order valence-corrected chi connectivity index (χ0v) is 14.5. The molecule has 0 saturated carbocycles. The number of amides is 2. The zero-order chi connectivity index (χ0) is 17.6. The van der Waals surface area contributed by atoms with Crippen LogP contribution in [0.15, 0.2) is 28.9 Å². The molecule has 3 rings (SSSR count). The summed E-state index contributed by atoms with van der Waals surface area (Å²) in [7, 11) is 0. The summed E-state index contributed by atoms with van der Waals surface area (Å²) in [5.74, 6) is 0.383. The number of likely N-dealkylation sites (tertiary alicyclic amines) is 1. The maximum Gasteiger partial charge on any atom is 0.274 e. The van der Waals surface area contributed by atoms with Gasteiger partial charge in [0.15, 0.2) is 11.5 Å². The van der Waals surface area contributed by atoms with Gasteiger partial charge in [-0.3, -0.25) is 14.7 Å². The fourth-order valence-corrected chi connectivity index (χ4v) is 3.06. The third-order valence-corrected chi connectivity index (χ3v) is 4.54. The van der Waals surface area contributed by atoms with Crippen molar-refractivity contribution in [3.05, 3.63) is 30.2 Å². The first kappa shape index (κ1) is 17.3. The minimum Gasteiger partial charge on any atom is -0.463 e. The van der Waals surface area contributed by atoms with Crippen molar-refractivity contribution in [1.82, 2.24) is 20.0 Å². The number of aromatic amines is 1. The van der Waals surface area contributed by atoms with E-state index in [9.17, 15) is 9.59 Å². The molecule has 0 aromatic carbocycles. The van der Waals surface area contributed by atoms with Gasteiger partial charge in [0.25, 0.3) is 5.91 Å². The topological polar surface area (TPSA) is 82.4 Å². The van der Waals surface area contributed by atoms with E-state index in [-0.39, 0.29) is 24.1 Å². The molecule has 1 aliphatic rings. The number of likely N-dealkylation sites (N-methyl/N-ethyl adjacent to an activating group) is 1. The lowest BCUT2D eigenvalue weighted by Gasteiger charge is -2.25. The molecule has 134 valence electrons. The van der Waals surface area contributed by atoms with Crippen molar-refractivity contribution in [3.63, 3.8) is 0 Å². The first-order valence-corrected chi connectivity index (χ1v) is 8.85. The molecular formula is C18H24N4O3. The van der Waals surface area contributed by atoms with Gasteiger partial charge in [0.2, 0.25) is 5.91 Å². The second-order valence-corrected chi connectivity index (χ2v) is 6.26. The molecular weight excluding hydrogens is 320 g/mol. The number of hydrogen-bond acceptors (Lipinski definition) is 4. The number of nitrogens with zero attached hydrogens (tertiary/aromatic N) is 3. The van der Waals surface area contributed by atoms with Crippen molar-refractivity contribution in [2.45, 2.75) is 32.6 Å². The molecule has 0 bridgehead atoms. The van der Waals surface area contributed by atoms with Crippen LogP contribution in [0.3, 0.4) is 0 Å². The smallest absolute Gasteiger partial charge is 0.274 e. The van der Waals surface area contributed by atoms with Crippen LogP contribution in [-0.2, 0) is 4.79 Å². The van der Waals surface area contributed by atoms with Gasteiger partial charge in [0, 0.05) is 25.7 Å². The van der Waals surface area contributed by atoms with Gasteiger partial charge in [-0.15, -0.1) is 0 Å². The highest BCUT2D eigenvalue weighted by atomic mass is 16.3. The normalized spacial score (nSPS) is 15.0. The summed E-state index contributed by atoms with van der Waals surface area (Å²) < 4.78 is 5.30. The second kappa shape index (κ2) is 8.00. The fraction of sp³-hybridized carbons (Fsp3) is 0.500. The average molecular weight is 344 g/mol. The highest BCUT2D eigenvalue weighted by Gasteiger charge is 2.23. The van der Waals surface area contributed by atoms with E-state index < -0.39 is 0 Å². The van der Waals surface area contributed by atoms with Gasteiger partial charge in [-0.05, 0) is 31.9 Å². The molecule has 7 heteroatoms. The van der Waals surface area contributed by atoms with E-state index in [2.05, 4.69) is 10.2 Å². The maximum atomic E-state index is 12.7. The Morgan fingerprint density at radius 2 is 2.04 bits per heavy atom. The van der Waals surface area contributed by atoms with Gasteiger partial charge >= 0.3 is 0 Å². The molecule has 0 unspecified atom stereocenters. The molecule has 3 heterocycles. The van der Waals surface area contributed by atoms with Crippen molar-refractivity contribution < 1.29 is 14.0 Å². The van der Waals surface area contributed by atoms with Gasteiger partial charge < -0.3 is 14.2 Å². The molecule has 0 spiro atoms. The van der Waals surface area contributed by atoms with Gasteiger partial charge in [-0.25, -0.2) is 0 Å². The van der Waals surface area contributed by atoms with Gasteiger partial charge in [-0.1, -0.05) is 12.8 Å². The predicted molar refractivity (Wildman–Crippen MR) is 92.9 cm³/mol. The Labute approximate surface area is 147 Å². The third-order valence-electron chi connectivity index (χ3n) is 4.54. The maximum absolute atomic E-state index is 12.7. The number of rotatable bonds is 5. The molecule has 1 fully saturated rings. The Hall–Kier alpha value is -2.57. The SMILES string of the molecule is CCN(CC(=O)N1CCCCCC1)C(=O)c1cc(-c2ccco2)[nH]n1. The molecule has 0 atom stereocenters. The van der Waals surface area contributed by atoms with Crippen molar-refractivity contribution in [2.75, 3.05) is 26.2 Å². The van der Waals surface area contributed by atoms with Crippen molar-refractivity contribution >= 4 is 11.8 Å². The van der Waals surface area contributed by atoms with Crippen LogP contribution in [0.1, 0.15) is 43.1 Å². The number of carbonyl (C=O) groups excluding carboxylic acids is 2. The van der Waals surface area contributed by atoms with E-state index in [1.54, 1.807) is 24.5 Å². The van der Waals surface area contributed by atoms with E-state index in [0.717, 1.165) is 25.9 Å². The van der Waals surface area contributed by atoms with Crippen LogP contribution in [0.5, 0.6) is 0 Å². The lowest BCUT2D eigenvalue weighted by atomic mass is 10.2. The molecule has 25 heavy (non-hydrogen) atoms. The van der Waals surface area contributed by atoms with E-state index in [1.165, 1.54) is 17.7 Å². The van der Waals surface area contributed by atoms with Gasteiger partial charge in [-0.2, -0.15) is 5.10 Å². The molecule has 1 saturated heterocycles. The summed E-state index contributed by atoms with van der Waals surface area (Å²) in [6, 6.07) is 5.22. The van der Waals surface area contributed by atoms with Crippen LogP contribution in [0.4, 0.5) is 0 Å². The van der Waals surface area contributed by atoms with Crippen LogP contribution in [0, 0.1) is 0 Å². The largest absolute Gasteiger partial charge is 0.463 e. The number of H-pyrrole nitrogens is 1. The molecule has 1 N–H and O–H groups in total. The molecule has 0 radical (unpaired) electrons. The van der Waals surface area contributed by atoms with E-state index in [1.807, 2.05) is 11.8 Å². The highest BCUT2D eigenvalue weighted by Crippen LogP contribution is 2.18. The lowest BCUT2D eigenvalue weighted by Crippen LogP contribution is -2.43. The molecule has 2 amide bonds. The third kappa shape index (κ3) is 4.10. The summed E-state index contributed by atoms with van der Waals surface area (Å²) in [6.45, 7) is 4.00. The van der Waals surface area contributed by atoms with E-state index >= 15 is 0 Å². The fourth-order valence-electron chi connectivity index (χ4n) is 3.06. The molecule has 1 aliphatic heterocycles. The average Bonchev–Trinajstić information content (AvgIpc) is 3.25. The number of hydrogen-bond donors (Lipinski definition) is 1. The van der Waals surface area contributed by atoms with Crippen LogP contribution in [-0.4, -0.2) is 58.0 Å². The Kier molecular flexibility index (Phi) is 5.53. The van der Waals surface area contributed by atoms with Gasteiger partial charge in [0.05, 0.1) is 6.26 Å². The number of aromatic nitrogens is 2. The first-order valence-electron chi connectivity index (χ1n) is 8.85. The summed E-state index contributed by atoms with van der Waals surface area (Å²) in [4.78, 5) is 28.6. The Balaban J connectivity index is 1.65. The van der Waals surface area contributed by atoms with Crippen molar-refractivity contribution in [2.24, 2.45) is 0 Å². The Morgan fingerprint density at radius 1 is 1.28 bits per heavy atom. The standard InChI is InChI=1S/C18H24N4O3/c1-2-21(13-17(23)22-9-5-3-4-6-10-22)18(24)15-12-14(19-20-15)16-8-7-11-25-16/h7-8,11-12H,2-6,9-10,13H2,1H3,(H,19,20). The Bertz CT molecular complexity index is 700. The summed E-state index contributed by atoms with van der Waals surface area (Å²) in [5.41, 5.74) is 0.931. The first-order chi connectivity index (χ1) is 12.2. The summed E-state index contributed by atoms with van der Waals surface area (Å²) in [6.07, 6.45) is 5.98. The second-order valence-electron chi connectivity index (χ2n) is 6.26. The van der Waals surface area contributed by atoms with Crippen LogP contribution >= 0.6 is 0 Å². The van der Waals surface area contributed by atoms with Crippen molar-refractivity contribution in [1.29, 1.82) is 0 Å². The minimum atomic E-state index is -0.250. The zero-order valence-electron chi connectivity index (χ0n) is 14.5. The number of nitrogens with one attached hydrogen (secondary N) is 1. The lowest BCUT2D eigenvalue weighted by molar-refractivity contribution is -0.131. The van der Waals surface area contributed by atoms with Crippen LogP contribution < -0.4 is 0 Å². The van der Waals surface area contributed by atoms with Crippen molar-refractivity contribution in [3.8, 4) is 11.5 Å². The molecule has 2 aromatic rings. The summed E-state index contributed by atoms with van der Waals surface area (Å²) in [5, 5.41) is 6.88. The highest BCUT2D eigenvalue weighted by molar-refractivity contribution is 5.95.